The van der Waals surface area contributed by atoms with Gasteiger partial charge in [0.25, 0.3) is 11.8 Å². The third-order valence-electron chi connectivity index (χ3n) is 4.25. The molecular formula is C19H17NO5. The maximum Gasteiger partial charge on any atom is 0.336 e. The normalized spacial score (nSPS) is 15.7. The van der Waals surface area contributed by atoms with Crippen molar-refractivity contribution in [1.82, 2.24) is 4.90 Å². The average molecular weight is 339 g/mol. The number of benzene rings is 2. The van der Waals surface area contributed by atoms with Gasteiger partial charge in [0.1, 0.15) is 0 Å². The highest BCUT2D eigenvalue weighted by molar-refractivity contribution is 6.21. The predicted octanol–water partition coefficient (Wildman–Crippen LogP) is 1.43. The minimum atomic E-state index is -1.63. The van der Waals surface area contributed by atoms with E-state index in [9.17, 15) is 19.5 Å². The summed E-state index contributed by atoms with van der Waals surface area (Å²) in [4.78, 5) is 38.2. The number of aliphatic hydroxyl groups is 1. The molecule has 1 heterocycles. The number of hydrogen-bond acceptors (Lipinski definition) is 5. The van der Waals surface area contributed by atoms with Gasteiger partial charge in [0.15, 0.2) is 6.10 Å². The van der Waals surface area contributed by atoms with Gasteiger partial charge in [0.2, 0.25) is 0 Å². The number of imide groups is 1. The van der Waals surface area contributed by atoms with Crippen LogP contribution in [0.4, 0.5) is 0 Å². The van der Waals surface area contributed by atoms with Gasteiger partial charge in [-0.2, -0.15) is 0 Å². The van der Waals surface area contributed by atoms with E-state index in [-0.39, 0.29) is 17.5 Å². The van der Waals surface area contributed by atoms with Crippen molar-refractivity contribution in [2.45, 2.75) is 18.6 Å². The molecule has 2 aromatic carbocycles. The lowest BCUT2D eigenvalue weighted by atomic mass is 9.99. The number of nitrogens with zero attached hydrogens (tertiary/aromatic N) is 1. The Bertz CT molecular complexity index is 783. The Labute approximate surface area is 144 Å². The summed E-state index contributed by atoms with van der Waals surface area (Å²) in [5.41, 5.74) is 1.32. The summed E-state index contributed by atoms with van der Waals surface area (Å²) in [7, 11) is 1.15. The Morgan fingerprint density at radius 3 is 2.04 bits per heavy atom. The van der Waals surface area contributed by atoms with E-state index in [1.807, 2.05) is 6.07 Å². The van der Waals surface area contributed by atoms with Crippen LogP contribution < -0.4 is 0 Å². The topological polar surface area (TPSA) is 83.9 Å². The van der Waals surface area contributed by atoms with Crippen molar-refractivity contribution in [2.75, 3.05) is 7.11 Å². The van der Waals surface area contributed by atoms with Crippen LogP contribution in [0.25, 0.3) is 0 Å². The number of amides is 2. The zero-order valence-corrected chi connectivity index (χ0v) is 13.6. The van der Waals surface area contributed by atoms with Crippen molar-refractivity contribution < 1.29 is 24.2 Å². The van der Waals surface area contributed by atoms with Crippen LogP contribution in [0.15, 0.2) is 54.6 Å². The van der Waals surface area contributed by atoms with Gasteiger partial charge < -0.3 is 9.84 Å². The molecule has 2 amide bonds. The van der Waals surface area contributed by atoms with E-state index in [1.54, 1.807) is 48.5 Å². The Hall–Kier alpha value is -2.99. The first-order valence-corrected chi connectivity index (χ1v) is 7.81. The van der Waals surface area contributed by atoms with Gasteiger partial charge in [-0.1, -0.05) is 42.5 Å². The standard InChI is InChI=1S/C19H17NO5/c1-25-19(24)16(21)15(11-12-7-3-2-4-8-12)20-17(22)13-9-5-6-10-14(13)18(20)23/h2-10,15-16,21H,11H2,1H3/t15-,16+/m0/s1. The molecule has 0 aliphatic carbocycles. The van der Waals surface area contributed by atoms with Crippen molar-refractivity contribution >= 4 is 17.8 Å². The number of fused-ring (bicyclic) bond motifs is 1. The molecule has 0 saturated carbocycles. The molecule has 0 radical (unpaired) electrons. The molecule has 0 unspecified atom stereocenters. The predicted molar refractivity (Wildman–Crippen MR) is 88.9 cm³/mol. The highest BCUT2D eigenvalue weighted by atomic mass is 16.5. The lowest BCUT2D eigenvalue weighted by Gasteiger charge is -2.29. The van der Waals surface area contributed by atoms with E-state index in [2.05, 4.69) is 4.74 Å². The Balaban J connectivity index is 1.99. The fraction of sp³-hybridized carbons (Fsp3) is 0.211. The molecule has 1 N–H and O–H groups in total. The SMILES string of the molecule is COC(=O)[C@H](O)[C@H](Cc1ccccc1)N1C(=O)c2ccccc2C1=O. The summed E-state index contributed by atoms with van der Waals surface area (Å²) < 4.78 is 4.60. The molecule has 0 aromatic heterocycles. The first kappa shape index (κ1) is 16.9. The second-order valence-electron chi connectivity index (χ2n) is 5.75. The lowest BCUT2D eigenvalue weighted by molar-refractivity contribution is -0.153. The fourth-order valence-electron chi connectivity index (χ4n) is 2.99. The highest BCUT2D eigenvalue weighted by Crippen LogP contribution is 2.27. The molecule has 3 rings (SSSR count). The van der Waals surface area contributed by atoms with Crippen LogP contribution in [-0.4, -0.2) is 47.0 Å². The summed E-state index contributed by atoms with van der Waals surface area (Å²) in [6.45, 7) is 0. The van der Waals surface area contributed by atoms with Crippen molar-refractivity contribution in [2.24, 2.45) is 0 Å². The quantitative estimate of drug-likeness (QED) is 0.658. The summed E-state index contributed by atoms with van der Waals surface area (Å²) in [5, 5.41) is 10.4. The zero-order chi connectivity index (χ0) is 18.0. The minimum Gasteiger partial charge on any atom is -0.467 e. The third-order valence-corrected chi connectivity index (χ3v) is 4.25. The Morgan fingerprint density at radius 1 is 1.00 bits per heavy atom. The summed E-state index contributed by atoms with van der Waals surface area (Å²) in [5.74, 6) is -1.94. The molecule has 0 bridgehead atoms. The monoisotopic (exact) mass is 339 g/mol. The van der Waals surface area contributed by atoms with Crippen LogP contribution in [0.1, 0.15) is 26.3 Å². The van der Waals surface area contributed by atoms with E-state index < -0.39 is 29.9 Å². The van der Waals surface area contributed by atoms with E-state index in [0.717, 1.165) is 17.6 Å². The van der Waals surface area contributed by atoms with Crippen LogP contribution in [-0.2, 0) is 16.0 Å². The first-order valence-electron chi connectivity index (χ1n) is 7.81. The molecule has 6 heteroatoms. The molecule has 1 aliphatic heterocycles. The van der Waals surface area contributed by atoms with Crippen LogP contribution in [0, 0.1) is 0 Å². The molecule has 0 saturated heterocycles. The number of rotatable bonds is 5. The smallest absolute Gasteiger partial charge is 0.336 e. The maximum atomic E-state index is 12.7. The lowest BCUT2D eigenvalue weighted by Crippen LogP contribution is -2.51. The molecule has 1 aliphatic rings. The van der Waals surface area contributed by atoms with Crippen molar-refractivity contribution in [1.29, 1.82) is 0 Å². The van der Waals surface area contributed by atoms with Crippen molar-refractivity contribution in [3.63, 3.8) is 0 Å². The molecular weight excluding hydrogens is 322 g/mol. The van der Waals surface area contributed by atoms with E-state index in [4.69, 9.17) is 0 Å². The zero-order valence-electron chi connectivity index (χ0n) is 13.6. The van der Waals surface area contributed by atoms with Gasteiger partial charge in [-0.15, -0.1) is 0 Å². The molecule has 2 atom stereocenters. The van der Waals surface area contributed by atoms with Crippen LogP contribution in [0.3, 0.4) is 0 Å². The van der Waals surface area contributed by atoms with Crippen molar-refractivity contribution in [3.05, 3.63) is 71.3 Å². The number of carbonyl (C=O) groups is 3. The number of ether oxygens (including phenoxy) is 1. The van der Waals surface area contributed by atoms with Crippen LogP contribution >= 0.6 is 0 Å². The van der Waals surface area contributed by atoms with Gasteiger partial charge in [0.05, 0.1) is 24.3 Å². The number of methoxy groups -OCH3 is 1. The molecule has 0 spiro atoms. The Morgan fingerprint density at radius 2 is 1.52 bits per heavy atom. The van der Waals surface area contributed by atoms with Crippen LogP contribution in [0.2, 0.25) is 0 Å². The van der Waals surface area contributed by atoms with Crippen molar-refractivity contribution in [3.8, 4) is 0 Å². The molecule has 2 aromatic rings. The number of carbonyl (C=O) groups excluding carboxylic acids is 3. The molecule has 128 valence electrons. The van der Waals surface area contributed by atoms with E-state index >= 15 is 0 Å². The second-order valence-corrected chi connectivity index (χ2v) is 5.75. The molecule has 0 fully saturated rings. The highest BCUT2D eigenvalue weighted by Gasteiger charge is 2.44. The summed E-state index contributed by atoms with van der Waals surface area (Å²) in [6, 6.07) is 14.4. The number of aliphatic hydroxyl groups excluding tert-OH is 1. The largest absolute Gasteiger partial charge is 0.467 e. The molecule has 6 nitrogen and oxygen atoms in total. The summed E-state index contributed by atoms with van der Waals surface area (Å²) >= 11 is 0. The first-order chi connectivity index (χ1) is 12.0. The molecule has 25 heavy (non-hydrogen) atoms. The van der Waals surface area contributed by atoms with Gasteiger partial charge >= 0.3 is 5.97 Å². The Kier molecular flexibility index (Phi) is 4.63. The summed E-state index contributed by atoms with van der Waals surface area (Å²) in [6.07, 6.45) is -1.49. The second kappa shape index (κ2) is 6.86. The van der Waals surface area contributed by atoms with Crippen LogP contribution in [0.5, 0.6) is 0 Å². The van der Waals surface area contributed by atoms with Gasteiger partial charge in [0, 0.05) is 0 Å². The third kappa shape index (κ3) is 3.04. The van der Waals surface area contributed by atoms with E-state index in [0.29, 0.717) is 0 Å². The van der Waals surface area contributed by atoms with Gasteiger partial charge in [-0.25, -0.2) is 4.79 Å². The fourth-order valence-corrected chi connectivity index (χ4v) is 2.99. The minimum absolute atomic E-state index is 0.141. The number of esters is 1. The number of hydrogen-bond donors (Lipinski definition) is 1. The van der Waals surface area contributed by atoms with E-state index in [1.165, 1.54) is 0 Å². The van der Waals surface area contributed by atoms with Gasteiger partial charge in [-0.05, 0) is 24.1 Å². The average Bonchev–Trinajstić information content (AvgIpc) is 2.90. The van der Waals surface area contributed by atoms with Gasteiger partial charge in [-0.3, -0.25) is 14.5 Å². The maximum absolute atomic E-state index is 12.7.